The highest BCUT2D eigenvalue weighted by Crippen LogP contribution is 2.36. The summed E-state index contributed by atoms with van der Waals surface area (Å²) in [5, 5.41) is 0. The minimum atomic E-state index is -0.296. The minimum absolute atomic E-state index is 0.0339. The van der Waals surface area contributed by atoms with Crippen molar-refractivity contribution in [1.29, 1.82) is 0 Å². The Hall–Kier alpha value is -0.960. The van der Waals surface area contributed by atoms with Crippen LogP contribution >= 0.6 is 0 Å². The molecular formula is C14H21FN2. The van der Waals surface area contributed by atoms with Gasteiger partial charge in [0.1, 0.15) is 5.82 Å². The molecule has 0 spiro atoms. The predicted octanol–water partition coefficient (Wildman–Crippen LogP) is 3.44. The van der Waals surface area contributed by atoms with Crippen LogP contribution < -0.4 is 5.73 Å². The molecule has 1 heterocycles. The van der Waals surface area contributed by atoms with Crippen molar-refractivity contribution in [2.24, 2.45) is 17.6 Å². The van der Waals surface area contributed by atoms with Crippen LogP contribution in [-0.4, -0.2) is 4.98 Å². The van der Waals surface area contributed by atoms with Crippen molar-refractivity contribution >= 4 is 0 Å². The zero-order valence-electron chi connectivity index (χ0n) is 10.4. The summed E-state index contributed by atoms with van der Waals surface area (Å²) in [6, 6.07) is 3.12. The number of aromatic nitrogens is 1. The second-order valence-electron chi connectivity index (χ2n) is 5.12. The molecule has 0 saturated heterocycles. The van der Waals surface area contributed by atoms with Crippen LogP contribution in [0.4, 0.5) is 4.39 Å². The number of nitrogens with zero attached hydrogens (tertiary/aromatic N) is 1. The van der Waals surface area contributed by atoms with E-state index in [-0.39, 0.29) is 11.9 Å². The smallest absolute Gasteiger partial charge is 0.141 e. The highest BCUT2D eigenvalue weighted by Gasteiger charge is 2.26. The fourth-order valence-electron chi connectivity index (χ4n) is 2.78. The van der Waals surface area contributed by atoms with Crippen LogP contribution in [0.1, 0.15) is 50.8 Å². The average Bonchev–Trinajstić information content (AvgIpc) is 2.39. The Morgan fingerprint density at radius 1 is 1.35 bits per heavy atom. The van der Waals surface area contributed by atoms with Crippen molar-refractivity contribution in [3.8, 4) is 0 Å². The van der Waals surface area contributed by atoms with Crippen LogP contribution in [0.5, 0.6) is 0 Å². The van der Waals surface area contributed by atoms with Crippen molar-refractivity contribution in [2.45, 2.75) is 45.1 Å². The highest BCUT2D eigenvalue weighted by atomic mass is 19.1. The quantitative estimate of drug-likeness (QED) is 0.873. The molecule has 0 radical (unpaired) electrons. The van der Waals surface area contributed by atoms with E-state index in [9.17, 15) is 4.39 Å². The first-order valence-corrected chi connectivity index (χ1v) is 6.57. The summed E-state index contributed by atoms with van der Waals surface area (Å²) in [6.45, 7) is 2.26. The molecule has 0 aliphatic heterocycles. The number of rotatable bonds is 3. The van der Waals surface area contributed by atoms with Crippen molar-refractivity contribution in [2.75, 3.05) is 0 Å². The van der Waals surface area contributed by atoms with Gasteiger partial charge in [-0.25, -0.2) is 4.39 Å². The summed E-state index contributed by atoms with van der Waals surface area (Å²) in [5.74, 6) is 1.09. The van der Waals surface area contributed by atoms with E-state index < -0.39 is 0 Å². The molecule has 1 atom stereocenters. The SMILES string of the molecule is CCC1CCC(C(N)c2ccc(F)cn2)CC1. The molecular weight excluding hydrogens is 215 g/mol. The summed E-state index contributed by atoms with van der Waals surface area (Å²) in [4.78, 5) is 4.09. The molecule has 0 bridgehead atoms. The first-order chi connectivity index (χ1) is 8.20. The fraction of sp³-hybridized carbons (Fsp3) is 0.643. The lowest BCUT2D eigenvalue weighted by atomic mass is 9.77. The van der Waals surface area contributed by atoms with E-state index >= 15 is 0 Å². The van der Waals surface area contributed by atoms with E-state index in [0.29, 0.717) is 5.92 Å². The summed E-state index contributed by atoms with van der Waals surface area (Å²) in [5.41, 5.74) is 7.05. The maximum Gasteiger partial charge on any atom is 0.141 e. The van der Waals surface area contributed by atoms with Gasteiger partial charge in [0.05, 0.1) is 11.9 Å². The Balaban J connectivity index is 1.96. The lowest BCUT2D eigenvalue weighted by molar-refractivity contribution is 0.238. The Labute approximate surface area is 102 Å². The molecule has 1 fully saturated rings. The van der Waals surface area contributed by atoms with Gasteiger partial charge in [-0.3, -0.25) is 4.98 Å². The number of pyridine rings is 1. The molecule has 1 saturated carbocycles. The Kier molecular flexibility index (Phi) is 4.11. The summed E-state index contributed by atoms with van der Waals surface area (Å²) >= 11 is 0. The molecule has 3 heteroatoms. The van der Waals surface area contributed by atoms with E-state index in [1.165, 1.54) is 44.4 Å². The summed E-state index contributed by atoms with van der Waals surface area (Å²) in [6.07, 6.45) is 7.44. The van der Waals surface area contributed by atoms with Crippen LogP contribution in [0.25, 0.3) is 0 Å². The second-order valence-corrected chi connectivity index (χ2v) is 5.12. The molecule has 1 aliphatic carbocycles. The standard InChI is InChI=1S/C14H21FN2/c1-2-10-3-5-11(6-4-10)14(16)13-8-7-12(15)9-17-13/h7-11,14H,2-6,16H2,1H3. The minimum Gasteiger partial charge on any atom is -0.322 e. The third-order valence-electron chi connectivity index (χ3n) is 4.07. The van der Waals surface area contributed by atoms with Gasteiger partial charge in [0, 0.05) is 6.04 Å². The highest BCUT2D eigenvalue weighted by molar-refractivity contribution is 5.10. The normalized spacial score (nSPS) is 26.8. The van der Waals surface area contributed by atoms with Gasteiger partial charge in [-0.1, -0.05) is 26.2 Å². The third kappa shape index (κ3) is 3.03. The Morgan fingerprint density at radius 2 is 2.06 bits per heavy atom. The van der Waals surface area contributed by atoms with Gasteiger partial charge in [-0.05, 0) is 36.8 Å². The van der Waals surface area contributed by atoms with Gasteiger partial charge in [0.25, 0.3) is 0 Å². The van der Waals surface area contributed by atoms with Crippen molar-refractivity contribution in [1.82, 2.24) is 4.98 Å². The number of hydrogen-bond donors (Lipinski definition) is 1. The zero-order chi connectivity index (χ0) is 12.3. The largest absolute Gasteiger partial charge is 0.322 e. The van der Waals surface area contributed by atoms with Gasteiger partial charge < -0.3 is 5.73 Å². The molecule has 94 valence electrons. The zero-order valence-corrected chi connectivity index (χ0v) is 10.4. The van der Waals surface area contributed by atoms with E-state index in [0.717, 1.165) is 11.6 Å². The molecule has 0 aromatic carbocycles. The molecule has 17 heavy (non-hydrogen) atoms. The van der Waals surface area contributed by atoms with Crippen LogP contribution in [-0.2, 0) is 0 Å². The van der Waals surface area contributed by atoms with Crippen LogP contribution in [0, 0.1) is 17.7 Å². The molecule has 1 aromatic rings. The summed E-state index contributed by atoms with van der Waals surface area (Å²) in [7, 11) is 0. The maximum atomic E-state index is 12.8. The van der Waals surface area contributed by atoms with Gasteiger partial charge in [0.2, 0.25) is 0 Å². The van der Waals surface area contributed by atoms with Crippen molar-refractivity contribution < 1.29 is 4.39 Å². The molecule has 0 amide bonds. The predicted molar refractivity (Wildman–Crippen MR) is 66.9 cm³/mol. The Bertz CT molecular complexity index is 342. The topological polar surface area (TPSA) is 38.9 Å². The van der Waals surface area contributed by atoms with Crippen LogP contribution in [0.15, 0.2) is 18.3 Å². The molecule has 1 aromatic heterocycles. The lowest BCUT2D eigenvalue weighted by Gasteiger charge is -2.31. The summed E-state index contributed by atoms with van der Waals surface area (Å²) < 4.78 is 12.8. The van der Waals surface area contributed by atoms with E-state index in [1.54, 1.807) is 6.07 Å². The van der Waals surface area contributed by atoms with Gasteiger partial charge in [-0.15, -0.1) is 0 Å². The van der Waals surface area contributed by atoms with Gasteiger partial charge in [0.15, 0.2) is 0 Å². The number of nitrogens with two attached hydrogens (primary N) is 1. The monoisotopic (exact) mass is 236 g/mol. The lowest BCUT2D eigenvalue weighted by Crippen LogP contribution is -2.26. The fourth-order valence-corrected chi connectivity index (χ4v) is 2.78. The third-order valence-corrected chi connectivity index (χ3v) is 4.07. The van der Waals surface area contributed by atoms with Crippen LogP contribution in [0.3, 0.4) is 0 Å². The first kappa shape index (κ1) is 12.5. The Morgan fingerprint density at radius 3 is 2.59 bits per heavy atom. The molecule has 2 N–H and O–H groups in total. The molecule has 1 unspecified atom stereocenters. The van der Waals surface area contributed by atoms with Crippen molar-refractivity contribution in [3.05, 3.63) is 29.8 Å². The van der Waals surface area contributed by atoms with E-state index in [2.05, 4.69) is 11.9 Å². The molecule has 2 nitrogen and oxygen atoms in total. The number of hydrogen-bond acceptors (Lipinski definition) is 2. The average molecular weight is 236 g/mol. The maximum absolute atomic E-state index is 12.8. The first-order valence-electron chi connectivity index (χ1n) is 6.57. The van der Waals surface area contributed by atoms with Gasteiger partial charge in [-0.2, -0.15) is 0 Å². The van der Waals surface area contributed by atoms with E-state index in [1.807, 2.05) is 0 Å². The van der Waals surface area contributed by atoms with Crippen LogP contribution in [0.2, 0.25) is 0 Å². The van der Waals surface area contributed by atoms with Crippen molar-refractivity contribution in [3.63, 3.8) is 0 Å². The second kappa shape index (κ2) is 5.58. The molecule has 2 rings (SSSR count). The molecule has 1 aliphatic rings. The number of halogens is 1. The van der Waals surface area contributed by atoms with Gasteiger partial charge >= 0.3 is 0 Å². The van der Waals surface area contributed by atoms with E-state index in [4.69, 9.17) is 5.73 Å².